The van der Waals surface area contributed by atoms with Crippen LogP contribution in [0.4, 0.5) is 5.95 Å². The second-order valence-electron chi connectivity index (χ2n) is 6.64. The number of nitrogens with one attached hydrogen (secondary N) is 2. The number of aromatic amines is 1. The molecule has 2 aromatic heterocycles. The third-order valence-electron chi connectivity index (χ3n) is 4.64. The highest BCUT2D eigenvalue weighted by Crippen LogP contribution is 2.21. The Morgan fingerprint density at radius 3 is 2.75 bits per heavy atom. The highest BCUT2D eigenvalue weighted by Gasteiger charge is 2.13. The van der Waals surface area contributed by atoms with E-state index in [1.807, 2.05) is 66.3 Å². The van der Waals surface area contributed by atoms with E-state index < -0.39 is 0 Å². The highest BCUT2D eigenvalue weighted by molar-refractivity contribution is 5.94. The third kappa shape index (κ3) is 3.73. The van der Waals surface area contributed by atoms with Crippen molar-refractivity contribution >= 4 is 22.8 Å². The summed E-state index contributed by atoms with van der Waals surface area (Å²) in [5.41, 5.74) is 3.15. The molecule has 28 heavy (non-hydrogen) atoms. The number of H-pyrrole nitrogens is 1. The Morgan fingerprint density at radius 1 is 1.18 bits per heavy atom. The molecule has 0 saturated heterocycles. The minimum atomic E-state index is -0.147. The van der Waals surface area contributed by atoms with E-state index in [9.17, 15) is 4.79 Å². The van der Waals surface area contributed by atoms with E-state index in [-0.39, 0.29) is 18.3 Å². The first-order valence-corrected chi connectivity index (χ1v) is 8.99. The summed E-state index contributed by atoms with van der Waals surface area (Å²) in [5, 5.41) is 10.8. The summed E-state index contributed by atoms with van der Waals surface area (Å²) in [6.45, 7) is 0. The number of para-hydroxylation sites is 1. The van der Waals surface area contributed by atoms with E-state index in [1.54, 1.807) is 7.11 Å². The topological polar surface area (TPSA) is 84.8 Å². The highest BCUT2D eigenvalue weighted by atomic mass is 16.5. The Morgan fingerprint density at radius 2 is 1.96 bits per heavy atom. The molecule has 142 valence electrons. The minimum Gasteiger partial charge on any atom is -0.497 e. The van der Waals surface area contributed by atoms with Gasteiger partial charge in [-0.15, -0.1) is 5.10 Å². The molecule has 7 heteroatoms. The monoisotopic (exact) mass is 375 g/mol. The first-order valence-electron chi connectivity index (χ1n) is 8.99. The Bertz CT molecular complexity index is 1110. The molecule has 4 aromatic rings. The van der Waals surface area contributed by atoms with Crippen LogP contribution in [0.1, 0.15) is 17.0 Å². The van der Waals surface area contributed by atoms with Crippen molar-refractivity contribution in [2.75, 3.05) is 12.4 Å². The summed E-state index contributed by atoms with van der Waals surface area (Å²) >= 11 is 0. The number of fused-ring (bicyclic) bond motifs is 1. The molecule has 0 unspecified atom stereocenters. The normalized spacial score (nSPS) is 10.9. The van der Waals surface area contributed by atoms with Crippen molar-refractivity contribution in [1.29, 1.82) is 0 Å². The fourth-order valence-corrected chi connectivity index (χ4v) is 3.28. The van der Waals surface area contributed by atoms with Crippen LogP contribution in [0.25, 0.3) is 10.9 Å². The average molecular weight is 375 g/mol. The maximum Gasteiger partial charge on any atom is 0.248 e. The van der Waals surface area contributed by atoms with Gasteiger partial charge in [0.25, 0.3) is 0 Å². The van der Waals surface area contributed by atoms with Crippen LogP contribution in [0.15, 0.2) is 54.7 Å². The molecule has 2 N–H and O–H groups in total. The molecular formula is C21H21N5O2. The van der Waals surface area contributed by atoms with Gasteiger partial charge in [0, 0.05) is 30.6 Å². The van der Waals surface area contributed by atoms with Gasteiger partial charge in [0.05, 0.1) is 13.5 Å². The lowest BCUT2D eigenvalue weighted by molar-refractivity contribution is -0.115. The molecule has 0 radical (unpaired) electrons. The van der Waals surface area contributed by atoms with Gasteiger partial charge in [-0.25, -0.2) is 0 Å². The number of hydrogen-bond acceptors (Lipinski definition) is 4. The van der Waals surface area contributed by atoms with Gasteiger partial charge in [-0.3, -0.25) is 15.2 Å². The summed E-state index contributed by atoms with van der Waals surface area (Å²) in [7, 11) is 3.61. The van der Waals surface area contributed by atoms with Crippen LogP contribution in [0, 0.1) is 0 Å². The molecule has 0 spiro atoms. The summed E-state index contributed by atoms with van der Waals surface area (Å²) < 4.78 is 7.19. The van der Waals surface area contributed by atoms with Crippen LogP contribution in [0.2, 0.25) is 0 Å². The van der Waals surface area contributed by atoms with Crippen molar-refractivity contribution in [2.45, 2.75) is 12.8 Å². The van der Waals surface area contributed by atoms with Crippen LogP contribution in [0.3, 0.4) is 0 Å². The van der Waals surface area contributed by atoms with Crippen molar-refractivity contribution in [3.63, 3.8) is 0 Å². The van der Waals surface area contributed by atoms with E-state index in [0.717, 1.165) is 27.8 Å². The fourth-order valence-electron chi connectivity index (χ4n) is 3.28. The number of anilines is 1. The number of methoxy groups -OCH3 is 1. The SMILES string of the molecule is COc1ccc(Cc2nc(NC(=O)Cc3cn(C)c4ccccc34)n[nH]2)cc1. The van der Waals surface area contributed by atoms with Crippen molar-refractivity contribution in [1.82, 2.24) is 19.7 Å². The molecule has 2 aromatic carbocycles. The van der Waals surface area contributed by atoms with Crippen LogP contribution in [-0.4, -0.2) is 32.8 Å². The van der Waals surface area contributed by atoms with E-state index in [4.69, 9.17) is 4.74 Å². The molecule has 7 nitrogen and oxygen atoms in total. The summed E-state index contributed by atoms with van der Waals surface area (Å²) in [5.74, 6) is 1.63. The second kappa shape index (κ2) is 7.56. The molecule has 0 aliphatic heterocycles. The number of hydrogen-bond donors (Lipinski definition) is 2. The van der Waals surface area contributed by atoms with Crippen LogP contribution in [-0.2, 0) is 24.7 Å². The number of nitrogens with zero attached hydrogens (tertiary/aromatic N) is 3. The van der Waals surface area contributed by atoms with E-state index in [2.05, 4.69) is 20.5 Å². The Kier molecular flexibility index (Phi) is 4.80. The van der Waals surface area contributed by atoms with Crippen molar-refractivity contribution in [2.24, 2.45) is 7.05 Å². The number of amides is 1. The fraction of sp³-hybridized carbons (Fsp3) is 0.190. The summed E-state index contributed by atoms with van der Waals surface area (Å²) in [6, 6.07) is 15.8. The predicted molar refractivity (Wildman–Crippen MR) is 107 cm³/mol. The molecule has 0 bridgehead atoms. The summed E-state index contributed by atoms with van der Waals surface area (Å²) in [4.78, 5) is 16.8. The molecule has 0 fully saturated rings. The van der Waals surface area contributed by atoms with Gasteiger partial charge in [-0.2, -0.15) is 4.98 Å². The molecule has 4 rings (SSSR count). The lowest BCUT2D eigenvalue weighted by atomic mass is 10.1. The molecular weight excluding hydrogens is 354 g/mol. The number of carbonyl (C=O) groups is 1. The summed E-state index contributed by atoms with van der Waals surface area (Å²) in [6.07, 6.45) is 2.84. The third-order valence-corrected chi connectivity index (χ3v) is 4.64. The maximum absolute atomic E-state index is 12.4. The molecule has 0 saturated carbocycles. The van der Waals surface area contributed by atoms with Gasteiger partial charge in [0.2, 0.25) is 11.9 Å². The zero-order valence-electron chi connectivity index (χ0n) is 15.8. The van der Waals surface area contributed by atoms with Crippen LogP contribution >= 0.6 is 0 Å². The van der Waals surface area contributed by atoms with Crippen molar-refractivity contribution in [3.05, 3.63) is 71.7 Å². The van der Waals surface area contributed by atoms with Gasteiger partial charge in [0.15, 0.2) is 0 Å². The molecule has 2 heterocycles. The number of benzene rings is 2. The van der Waals surface area contributed by atoms with Gasteiger partial charge in [0.1, 0.15) is 11.6 Å². The number of aryl methyl sites for hydroxylation is 1. The van der Waals surface area contributed by atoms with Gasteiger partial charge < -0.3 is 9.30 Å². The molecule has 0 aliphatic carbocycles. The zero-order valence-corrected chi connectivity index (χ0v) is 15.8. The standard InChI is InChI=1S/C21H21N5O2/c1-26-13-15(17-5-3-4-6-18(17)26)12-20(27)23-21-22-19(24-25-21)11-14-7-9-16(28-2)10-8-14/h3-10,13H,11-12H2,1-2H3,(H2,22,23,24,25,27). The number of carbonyl (C=O) groups excluding carboxylic acids is 1. The van der Waals surface area contributed by atoms with Gasteiger partial charge >= 0.3 is 0 Å². The average Bonchev–Trinajstić information content (AvgIpc) is 3.27. The first kappa shape index (κ1) is 17.8. The maximum atomic E-state index is 12.4. The van der Waals surface area contributed by atoms with Crippen LogP contribution < -0.4 is 10.1 Å². The number of ether oxygens (including phenoxy) is 1. The Balaban J connectivity index is 1.41. The van der Waals surface area contributed by atoms with E-state index in [0.29, 0.717) is 12.2 Å². The second-order valence-corrected chi connectivity index (χ2v) is 6.64. The minimum absolute atomic E-state index is 0.147. The van der Waals surface area contributed by atoms with Crippen LogP contribution in [0.5, 0.6) is 5.75 Å². The first-order chi connectivity index (χ1) is 13.6. The lowest BCUT2D eigenvalue weighted by Crippen LogP contribution is -2.15. The van der Waals surface area contributed by atoms with E-state index in [1.165, 1.54) is 0 Å². The quantitative estimate of drug-likeness (QED) is 0.542. The molecule has 1 amide bonds. The smallest absolute Gasteiger partial charge is 0.248 e. The van der Waals surface area contributed by atoms with E-state index >= 15 is 0 Å². The van der Waals surface area contributed by atoms with Gasteiger partial charge in [-0.05, 0) is 29.3 Å². The number of aromatic nitrogens is 4. The van der Waals surface area contributed by atoms with Crippen molar-refractivity contribution < 1.29 is 9.53 Å². The van der Waals surface area contributed by atoms with Gasteiger partial charge in [-0.1, -0.05) is 30.3 Å². The zero-order chi connectivity index (χ0) is 19.5. The lowest BCUT2D eigenvalue weighted by Gasteiger charge is -2.01. The number of rotatable bonds is 6. The Hall–Kier alpha value is -3.61. The molecule has 0 aliphatic rings. The largest absolute Gasteiger partial charge is 0.497 e. The van der Waals surface area contributed by atoms with Crippen molar-refractivity contribution in [3.8, 4) is 5.75 Å². The predicted octanol–water partition coefficient (Wildman–Crippen LogP) is 3.08. The molecule has 0 atom stereocenters. The Labute approximate surface area is 162 Å².